The predicted molar refractivity (Wildman–Crippen MR) is 111 cm³/mol. The zero-order valence-electron chi connectivity index (χ0n) is 17.4. The molecule has 31 heavy (non-hydrogen) atoms. The summed E-state index contributed by atoms with van der Waals surface area (Å²) in [6, 6.07) is 3.99. The van der Waals surface area contributed by atoms with Crippen molar-refractivity contribution in [3.05, 3.63) is 41.5 Å². The van der Waals surface area contributed by atoms with E-state index in [0.717, 1.165) is 24.9 Å². The molecule has 0 bridgehead atoms. The molecule has 1 saturated heterocycles. The lowest BCUT2D eigenvalue weighted by Crippen LogP contribution is -2.38. The fourth-order valence-corrected chi connectivity index (χ4v) is 3.56. The van der Waals surface area contributed by atoms with Crippen molar-refractivity contribution in [3.63, 3.8) is 0 Å². The Balaban J connectivity index is 1.62. The zero-order chi connectivity index (χ0) is 21.8. The highest BCUT2D eigenvalue weighted by atomic mass is 16.6. The molecule has 1 aliphatic rings. The van der Waals surface area contributed by atoms with E-state index < -0.39 is 5.91 Å². The van der Waals surface area contributed by atoms with E-state index >= 15 is 0 Å². The van der Waals surface area contributed by atoms with Crippen molar-refractivity contribution in [1.29, 1.82) is 0 Å². The van der Waals surface area contributed by atoms with E-state index in [9.17, 15) is 4.79 Å². The Hall–Kier alpha value is -3.67. The Labute approximate surface area is 178 Å². The van der Waals surface area contributed by atoms with Crippen LogP contribution < -0.4 is 11.2 Å². The molecule has 4 heterocycles. The molecule has 12 nitrogen and oxygen atoms in total. The lowest BCUT2D eigenvalue weighted by atomic mass is 10.0. The molecule has 1 fully saturated rings. The van der Waals surface area contributed by atoms with Crippen molar-refractivity contribution in [3.8, 4) is 5.82 Å². The fraction of sp³-hybridized carbons (Fsp3) is 0.421. The van der Waals surface area contributed by atoms with Crippen molar-refractivity contribution in [2.75, 3.05) is 12.3 Å². The van der Waals surface area contributed by atoms with Gasteiger partial charge in [-0.1, -0.05) is 11.6 Å². The first-order valence-corrected chi connectivity index (χ1v) is 10.1. The highest BCUT2D eigenvalue weighted by molar-refractivity contribution is 6.00. The second-order valence-electron chi connectivity index (χ2n) is 7.46. The largest absolute Gasteiger partial charge is 0.378 e. The first kappa shape index (κ1) is 20.6. The molecule has 0 aliphatic carbocycles. The van der Waals surface area contributed by atoms with E-state index in [1.54, 1.807) is 19.3 Å². The molecule has 1 amide bonds. The highest BCUT2D eigenvalue weighted by Crippen LogP contribution is 2.22. The van der Waals surface area contributed by atoms with Crippen LogP contribution in [0, 0.1) is 0 Å². The summed E-state index contributed by atoms with van der Waals surface area (Å²) in [6.45, 7) is 5.33. The number of nitrogen functional groups attached to an aromatic ring is 1. The number of nitrogens with one attached hydrogen (secondary N) is 1. The van der Waals surface area contributed by atoms with Crippen molar-refractivity contribution in [1.82, 2.24) is 40.6 Å². The average Bonchev–Trinajstić information content (AvgIpc) is 3.39. The maximum atomic E-state index is 12.9. The second kappa shape index (κ2) is 9.00. The molecule has 3 N–H and O–H groups in total. The Morgan fingerprint density at radius 3 is 2.84 bits per heavy atom. The number of nitrogens with zero attached hydrogens (tertiary/aromatic N) is 8. The SMILES string of the molecule is C/C(=N\NC(=O)c1nnn(-c2nonc2N)c1CN1CCCC[C@H]1C)c1ccncc1. The van der Waals surface area contributed by atoms with Crippen LogP contribution in [-0.4, -0.2) is 59.4 Å². The summed E-state index contributed by atoms with van der Waals surface area (Å²) >= 11 is 0. The molecule has 4 rings (SSSR count). The van der Waals surface area contributed by atoms with Crippen LogP contribution in [0.3, 0.4) is 0 Å². The number of anilines is 1. The van der Waals surface area contributed by atoms with Crippen molar-refractivity contribution >= 4 is 17.4 Å². The lowest BCUT2D eigenvalue weighted by molar-refractivity contribution is 0.0944. The van der Waals surface area contributed by atoms with E-state index in [1.807, 2.05) is 12.1 Å². The van der Waals surface area contributed by atoms with Gasteiger partial charge in [0.05, 0.1) is 11.4 Å². The standard InChI is InChI=1S/C19H24N10O2/c1-12-5-3-4-10-28(12)11-15-16(23-27-29(15)18-17(20)25-31-26-18)19(30)24-22-13(2)14-6-8-21-9-7-14/h6-9,12H,3-5,10-11H2,1-2H3,(H2,20,25)(H,24,30)/b22-13+/t12-/m1/s1. The number of aromatic nitrogens is 6. The number of likely N-dealkylation sites (tertiary alicyclic amines) is 1. The van der Waals surface area contributed by atoms with Crippen LogP contribution in [0.1, 0.15) is 54.9 Å². The van der Waals surface area contributed by atoms with Crippen molar-refractivity contribution < 1.29 is 9.42 Å². The van der Waals surface area contributed by atoms with Crippen LogP contribution in [0.2, 0.25) is 0 Å². The van der Waals surface area contributed by atoms with Gasteiger partial charge < -0.3 is 5.73 Å². The maximum Gasteiger partial charge on any atom is 0.293 e. The van der Waals surface area contributed by atoms with Crippen LogP contribution in [0.15, 0.2) is 34.3 Å². The van der Waals surface area contributed by atoms with E-state index in [2.05, 4.69) is 48.0 Å². The average molecular weight is 424 g/mol. The number of hydrazone groups is 1. The minimum Gasteiger partial charge on any atom is -0.378 e. The summed E-state index contributed by atoms with van der Waals surface area (Å²) in [6.07, 6.45) is 6.69. The van der Waals surface area contributed by atoms with Gasteiger partial charge in [-0.2, -0.15) is 9.78 Å². The second-order valence-corrected chi connectivity index (χ2v) is 7.46. The fourth-order valence-electron chi connectivity index (χ4n) is 3.56. The normalized spacial score (nSPS) is 17.6. The molecule has 0 saturated carbocycles. The summed E-state index contributed by atoms with van der Waals surface area (Å²) in [5.74, 6) is -0.214. The quantitative estimate of drug-likeness (QED) is 0.438. The molecule has 3 aromatic heterocycles. The predicted octanol–water partition coefficient (Wildman–Crippen LogP) is 1.16. The lowest BCUT2D eigenvalue weighted by Gasteiger charge is -2.33. The minimum absolute atomic E-state index is 0.0661. The molecule has 0 aromatic carbocycles. The minimum atomic E-state index is -0.477. The van der Waals surface area contributed by atoms with Gasteiger partial charge in [0.15, 0.2) is 5.69 Å². The highest BCUT2D eigenvalue weighted by Gasteiger charge is 2.28. The van der Waals surface area contributed by atoms with Gasteiger partial charge in [-0.25, -0.2) is 10.1 Å². The molecular weight excluding hydrogens is 400 g/mol. The number of piperidine rings is 1. The summed E-state index contributed by atoms with van der Waals surface area (Å²) < 4.78 is 6.11. The first-order chi connectivity index (χ1) is 15.0. The third-order valence-electron chi connectivity index (χ3n) is 5.39. The molecule has 12 heteroatoms. The number of hydrogen-bond acceptors (Lipinski definition) is 10. The first-order valence-electron chi connectivity index (χ1n) is 10.1. The van der Waals surface area contributed by atoms with Gasteiger partial charge in [-0.15, -0.1) is 5.10 Å². The zero-order valence-corrected chi connectivity index (χ0v) is 17.4. The summed E-state index contributed by atoms with van der Waals surface area (Å²) in [5, 5.41) is 19.8. The van der Waals surface area contributed by atoms with Crippen molar-refractivity contribution in [2.45, 2.75) is 45.7 Å². The third-order valence-corrected chi connectivity index (χ3v) is 5.39. The third kappa shape index (κ3) is 4.43. The van der Waals surface area contributed by atoms with E-state index in [4.69, 9.17) is 10.4 Å². The Morgan fingerprint density at radius 2 is 2.13 bits per heavy atom. The van der Waals surface area contributed by atoms with Gasteiger partial charge in [0.25, 0.3) is 5.91 Å². The number of pyridine rings is 1. The van der Waals surface area contributed by atoms with Gasteiger partial charge in [-0.05, 0) is 55.7 Å². The topological polar surface area (TPSA) is 153 Å². The molecule has 1 aliphatic heterocycles. The van der Waals surface area contributed by atoms with E-state index in [0.29, 0.717) is 24.0 Å². The van der Waals surface area contributed by atoms with Gasteiger partial charge in [0.2, 0.25) is 11.6 Å². The van der Waals surface area contributed by atoms with Crippen LogP contribution in [0.4, 0.5) is 5.82 Å². The molecule has 0 spiro atoms. The summed E-state index contributed by atoms with van der Waals surface area (Å²) in [7, 11) is 0. The maximum absolute atomic E-state index is 12.9. The van der Waals surface area contributed by atoms with Crippen LogP contribution >= 0.6 is 0 Å². The van der Waals surface area contributed by atoms with Gasteiger partial charge in [-0.3, -0.25) is 14.7 Å². The molecular formula is C19H24N10O2. The van der Waals surface area contributed by atoms with Gasteiger partial charge >= 0.3 is 0 Å². The summed E-state index contributed by atoms with van der Waals surface area (Å²) in [4.78, 5) is 19.2. The number of amides is 1. The van der Waals surface area contributed by atoms with E-state index in [-0.39, 0.29) is 17.3 Å². The van der Waals surface area contributed by atoms with E-state index in [1.165, 1.54) is 11.1 Å². The number of carbonyl (C=O) groups is 1. The molecule has 0 unspecified atom stereocenters. The van der Waals surface area contributed by atoms with Crippen LogP contribution in [-0.2, 0) is 6.54 Å². The molecule has 1 atom stereocenters. The van der Waals surface area contributed by atoms with Crippen LogP contribution in [0.25, 0.3) is 5.82 Å². The van der Waals surface area contributed by atoms with Gasteiger partial charge in [0, 0.05) is 30.5 Å². The van der Waals surface area contributed by atoms with Gasteiger partial charge in [0.1, 0.15) is 0 Å². The Kier molecular flexibility index (Phi) is 5.98. The van der Waals surface area contributed by atoms with Crippen molar-refractivity contribution in [2.24, 2.45) is 5.10 Å². The molecule has 162 valence electrons. The molecule has 0 radical (unpaired) electrons. The van der Waals surface area contributed by atoms with Crippen LogP contribution in [0.5, 0.6) is 0 Å². The number of nitrogens with two attached hydrogens (primary N) is 1. The number of carbonyl (C=O) groups excluding carboxylic acids is 1. The Morgan fingerprint density at radius 1 is 1.32 bits per heavy atom. The smallest absolute Gasteiger partial charge is 0.293 e. The monoisotopic (exact) mass is 424 g/mol. The number of hydrogen-bond donors (Lipinski definition) is 2. The number of rotatable bonds is 6. The Bertz CT molecular complexity index is 1070. The summed E-state index contributed by atoms with van der Waals surface area (Å²) in [5.41, 5.74) is 10.6. The molecule has 3 aromatic rings.